The Morgan fingerprint density at radius 3 is 2.44 bits per heavy atom. The summed E-state index contributed by atoms with van der Waals surface area (Å²) in [5, 5.41) is 0.660. The van der Waals surface area contributed by atoms with E-state index in [2.05, 4.69) is 0 Å². The molecule has 210 valence electrons. The zero-order valence-corrected chi connectivity index (χ0v) is 24.5. The van der Waals surface area contributed by atoms with E-state index in [0.29, 0.717) is 32.9 Å². The van der Waals surface area contributed by atoms with Gasteiger partial charge in [-0.15, -0.1) is 0 Å². The fourth-order valence-electron chi connectivity index (χ4n) is 6.54. The van der Waals surface area contributed by atoms with Crippen molar-refractivity contribution in [3.05, 3.63) is 134 Å². The molecule has 0 fully saturated rings. The summed E-state index contributed by atoms with van der Waals surface area (Å²) in [5.74, 6) is -1.08. The van der Waals surface area contributed by atoms with Crippen molar-refractivity contribution in [3.8, 4) is 0 Å². The summed E-state index contributed by atoms with van der Waals surface area (Å²) in [5.41, 5.74) is 3.99. The molecule has 0 saturated carbocycles. The van der Waals surface area contributed by atoms with Gasteiger partial charge >= 0.3 is 0 Å². The van der Waals surface area contributed by atoms with Crippen molar-refractivity contribution in [1.29, 1.82) is 0 Å². The Morgan fingerprint density at radius 1 is 0.837 bits per heavy atom. The highest BCUT2D eigenvalue weighted by Crippen LogP contribution is 2.55. The van der Waals surface area contributed by atoms with Crippen molar-refractivity contribution in [1.82, 2.24) is 4.98 Å². The Balaban J connectivity index is 1.46. The van der Waals surface area contributed by atoms with E-state index in [0.717, 1.165) is 27.0 Å². The van der Waals surface area contributed by atoms with E-state index >= 15 is 4.79 Å². The van der Waals surface area contributed by atoms with Crippen LogP contribution in [0.25, 0.3) is 21.2 Å². The second-order valence-electron chi connectivity index (χ2n) is 11.4. The average Bonchev–Trinajstić information content (AvgIpc) is 3.59. The molecule has 0 saturated heterocycles. The van der Waals surface area contributed by atoms with E-state index in [9.17, 15) is 9.59 Å². The number of hydrogen-bond acceptors (Lipinski definition) is 6. The van der Waals surface area contributed by atoms with Crippen LogP contribution < -0.4 is 15.2 Å². The summed E-state index contributed by atoms with van der Waals surface area (Å²) < 4.78 is 7.11. The molecule has 2 aromatic heterocycles. The van der Waals surface area contributed by atoms with Crippen LogP contribution in [0.4, 0.5) is 10.8 Å². The molecule has 2 aliphatic heterocycles. The Labute approximate surface area is 250 Å². The SMILES string of the molecule is Cc1cccc(CN2C(=O)C3(c4ccccc42)c2c(oc4ccc(C)cc4c2=O)C(=O)N3c2nc3ccc(C)cc3s2)c1. The van der Waals surface area contributed by atoms with Crippen molar-refractivity contribution >= 4 is 55.2 Å². The maximum atomic E-state index is 15.1. The lowest BCUT2D eigenvalue weighted by Crippen LogP contribution is -2.53. The molecule has 6 aromatic rings. The molecule has 1 atom stereocenters. The van der Waals surface area contributed by atoms with Crippen molar-refractivity contribution < 1.29 is 14.0 Å². The van der Waals surface area contributed by atoms with E-state index in [4.69, 9.17) is 9.40 Å². The molecule has 4 aromatic carbocycles. The number of nitrogens with zero attached hydrogens (tertiary/aromatic N) is 3. The highest BCUT2D eigenvalue weighted by molar-refractivity contribution is 7.22. The number of carbonyl (C=O) groups is 2. The number of rotatable bonds is 3. The largest absolute Gasteiger partial charge is 0.450 e. The highest BCUT2D eigenvalue weighted by Gasteiger charge is 2.66. The molecular weight excluding hydrogens is 558 g/mol. The highest BCUT2D eigenvalue weighted by atomic mass is 32.1. The predicted molar refractivity (Wildman–Crippen MR) is 168 cm³/mol. The number of anilines is 2. The quantitative estimate of drug-likeness (QED) is 0.229. The third kappa shape index (κ3) is 3.47. The normalized spacial score (nSPS) is 17.5. The molecule has 8 heteroatoms. The fourth-order valence-corrected chi connectivity index (χ4v) is 7.66. The van der Waals surface area contributed by atoms with Crippen LogP contribution in [0.2, 0.25) is 0 Å². The van der Waals surface area contributed by atoms with Gasteiger partial charge in [0.1, 0.15) is 5.58 Å². The van der Waals surface area contributed by atoms with Crippen LogP contribution in [-0.4, -0.2) is 16.8 Å². The molecule has 0 N–H and O–H groups in total. The molecule has 0 radical (unpaired) electrons. The minimum Gasteiger partial charge on any atom is -0.450 e. The number of aryl methyl sites for hydroxylation is 3. The fraction of sp³-hybridized carbons (Fsp3) is 0.143. The maximum absolute atomic E-state index is 15.1. The van der Waals surface area contributed by atoms with Crippen LogP contribution in [0.3, 0.4) is 0 Å². The molecule has 2 aliphatic rings. The molecule has 4 heterocycles. The van der Waals surface area contributed by atoms with E-state index in [1.54, 1.807) is 17.0 Å². The number of benzene rings is 4. The standard InChI is InChI=1S/C35H25N3O4S/c1-19-7-6-8-22(15-19)18-37-26-10-5-4-9-24(26)35(33(37)41)29-30(39)23-16-20(2)12-14-27(23)42-31(29)32(40)38(35)34-36-25-13-11-21(3)17-28(25)43-34/h4-17H,18H2,1-3H3. The topological polar surface area (TPSA) is 83.7 Å². The third-order valence-corrected chi connectivity index (χ3v) is 9.43. The van der Waals surface area contributed by atoms with Gasteiger partial charge < -0.3 is 9.32 Å². The molecule has 7 nitrogen and oxygen atoms in total. The van der Waals surface area contributed by atoms with E-state index < -0.39 is 22.8 Å². The number of aromatic nitrogens is 1. The van der Waals surface area contributed by atoms with E-state index in [1.165, 1.54) is 16.2 Å². The van der Waals surface area contributed by atoms with Gasteiger partial charge in [0.2, 0.25) is 5.76 Å². The van der Waals surface area contributed by atoms with Crippen LogP contribution in [0.1, 0.15) is 43.9 Å². The first-order valence-electron chi connectivity index (χ1n) is 14.0. The van der Waals surface area contributed by atoms with Crippen molar-refractivity contribution in [2.24, 2.45) is 0 Å². The van der Waals surface area contributed by atoms with E-state index in [-0.39, 0.29) is 17.9 Å². The number of para-hydroxylation sites is 1. The number of thiazole rings is 1. The summed E-state index contributed by atoms with van der Waals surface area (Å²) in [6.07, 6.45) is 0. The van der Waals surface area contributed by atoms with Gasteiger partial charge in [0.15, 0.2) is 16.1 Å². The van der Waals surface area contributed by atoms with Gasteiger partial charge in [-0.2, -0.15) is 0 Å². The van der Waals surface area contributed by atoms with Gasteiger partial charge in [-0.1, -0.05) is 77.1 Å². The van der Waals surface area contributed by atoms with Crippen LogP contribution in [0.5, 0.6) is 0 Å². The van der Waals surface area contributed by atoms with Gasteiger partial charge in [-0.05, 0) is 62.2 Å². The van der Waals surface area contributed by atoms with Crippen molar-refractivity contribution in [2.45, 2.75) is 32.9 Å². The average molecular weight is 584 g/mol. The lowest BCUT2D eigenvalue weighted by Gasteiger charge is -2.32. The molecule has 1 spiro atoms. The molecular formula is C35H25N3O4S. The smallest absolute Gasteiger partial charge is 0.297 e. The Morgan fingerprint density at radius 2 is 1.60 bits per heavy atom. The second kappa shape index (κ2) is 8.96. The van der Waals surface area contributed by atoms with Crippen molar-refractivity contribution in [3.63, 3.8) is 0 Å². The summed E-state index contributed by atoms with van der Waals surface area (Å²) in [6.45, 7) is 6.16. The van der Waals surface area contributed by atoms with Crippen LogP contribution >= 0.6 is 11.3 Å². The van der Waals surface area contributed by atoms with Gasteiger partial charge in [0.25, 0.3) is 11.8 Å². The van der Waals surface area contributed by atoms with Crippen LogP contribution in [-0.2, 0) is 16.9 Å². The van der Waals surface area contributed by atoms with Gasteiger partial charge in [0.05, 0.1) is 33.4 Å². The Hall–Kier alpha value is -5.08. The third-order valence-electron chi connectivity index (χ3n) is 8.43. The lowest BCUT2D eigenvalue weighted by atomic mass is 9.84. The minimum atomic E-state index is -1.78. The predicted octanol–water partition coefficient (Wildman–Crippen LogP) is 6.78. The van der Waals surface area contributed by atoms with Gasteiger partial charge in [-0.3, -0.25) is 19.3 Å². The lowest BCUT2D eigenvalue weighted by molar-refractivity contribution is -0.121. The number of carbonyl (C=O) groups excluding carboxylic acids is 2. The zero-order valence-electron chi connectivity index (χ0n) is 23.7. The zero-order chi connectivity index (χ0) is 29.6. The number of hydrogen-bond donors (Lipinski definition) is 0. The first kappa shape index (κ1) is 25.6. The summed E-state index contributed by atoms with van der Waals surface area (Å²) in [6, 6.07) is 26.5. The molecule has 8 rings (SSSR count). The minimum absolute atomic E-state index is 0.0372. The molecule has 1 unspecified atom stereocenters. The first-order valence-corrected chi connectivity index (χ1v) is 14.9. The van der Waals surface area contributed by atoms with Crippen LogP contribution in [0, 0.1) is 20.8 Å². The van der Waals surface area contributed by atoms with Crippen LogP contribution in [0.15, 0.2) is 94.1 Å². The van der Waals surface area contributed by atoms with Gasteiger partial charge in [0, 0.05) is 5.56 Å². The van der Waals surface area contributed by atoms with E-state index in [1.807, 2.05) is 93.6 Å². The first-order chi connectivity index (χ1) is 20.8. The monoisotopic (exact) mass is 583 g/mol. The number of amides is 2. The molecule has 0 aliphatic carbocycles. The summed E-state index contributed by atoms with van der Waals surface area (Å²) in [7, 11) is 0. The molecule has 0 bridgehead atoms. The number of fused-ring (bicyclic) bond motifs is 6. The summed E-state index contributed by atoms with van der Waals surface area (Å²) >= 11 is 1.32. The Kier molecular flexibility index (Phi) is 5.34. The van der Waals surface area contributed by atoms with Crippen molar-refractivity contribution in [2.75, 3.05) is 9.80 Å². The second-order valence-corrected chi connectivity index (χ2v) is 12.4. The van der Waals surface area contributed by atoms with Gasteiger partial charge in [-0.25, -0.2) is 4.98 Å². The molecule has 43 heavy (non-hydrogen) atoms. The molecule has 2 amide bonds. The Bertz CT molecular complexity index is 2250. The summed E-state index contributed by atoms with van der Waals surface area (Å²) in [4.78, 5) is 52.1. The maximum Gasteiger partial charge on any atom is 0.297 e.